The van der Waals surface area contributed by atoms with Gasteiger partial charge in [0.15, 0.2) is 6.61 Å². The molecule has 0 aliphatic rings. The second-order valence-corrected chi connectivity index (χ2v) is 10.2. The van der Waals surface area contributed by atoms with E-state index in [2.05, 4.69) is 28.2 Å². The first kappa shape index (κ1) is 26.5. The van der Waals surface area contributed by atoms with Gasteiger partial charge in [0.25, 0.3) is 5.91 Å². The lowest BCUT2D eigenvalue weighted by Gasteiger charge is -2.31. The number of rotatable bonds is 8. The maximum absolute atomic E-state index is 13.2. The number of hydrogen-bond donors (Lipinski definition) is 1. The van der Waals surface area contributed by atoms with Crippen LogP contribution in [0.4, 0.5) is 0 Å². The lowest BCUT2D eigenvalue weighted by atomic mass is 10.1. The first-order valence-electron chi connectivity index (χ1n) is 10.4. The van der Waals surface area contributed by atoms with Gasteiger partial charge < -0.3 is 15.0 Å². The fourth-order valence-corrected chi connectivity index (χ4v) is 4.07. The van der Waals surface area contributed by atoms with E-state index in [9.17, 15) is 9.59 Å². The monoisotopic (exact) mass is 542 g/mol. The second-order valence-electron chi connectivity index (χ2n) is 8.54. The number of nitrogens with zero attached hydrogens (tertiary/aromatic N) is 1. The first-order chi connectivity index (χ1) is 14.9. The normalized spacial score (nSPS) is 12.2. The summed E-state index contributed by atoms with van der Waals surface area (Å²) in [5, 5.41) is 3.77. The van der Waals surface area contributed by atoms with Crippen LogP contribution in [-0.4, -0.2) is 34.9 Å². The summed E-state index contributed by atoms with van der Waals surface area (Å²) < 4.78 is 6.54. The van der Waals surface area contributed by atoms with Crippen LogP contribution in [0.15, 0.2) is 40.9 Å². The first-order valence-corrected chi connectivity index (χ1v) is 11.9. The van der Waals surface area contributed by atoms with Crippen LogP contribution in [0.1, 0.15) is 45.7 Å². The third-order valence-electron chi connectivity index (χ3n) is 4.81. The summed E-state index contributed by atoms with van der Waals surface area (Å²) in [6.45, 7) is 9.23. The Bertz CT molecular complexity index is 956. The molecule has 0 saturated heterocycles. The number of benzene rings is 2. The summed E-state index contributed by atoms with van der Waals surface area (Å²) in [7, 11) is 0. The average Bonchev–Trinajstić information content (AvgIpc) is 2.70. The van der Waals surface area contributed by atoms with E-state index < -0.39 is 11.6 Å². The number of carbonyl (C=O) groups is 2. The second kappa shape index (κ2) is 11.4. The van der Waals surface area contributed by atoms with E-state index in [0.29, 0.717) is 21.4 Å². The van der Waals surface area contributed by atoms with Crippen molar-refractivity contribution in [3.05, 3.63) is 62.0 Å². The van der Waals surface area contributed by atoms with Gasteiger partial charge >= 0.3 is 0 Å². The molecule has 2 aromatic rings. The van der Waals surface area contributed by atoms with E-state index in [1.807, 2.05) is 39.0 Å². The van der Waals surface area contributed by atoms with Crippen molar-refractivity contribution in [3.8, 4) is 5.75 Å². The third kappa shape index (κ3) is 7.39. The Labute approximate surface area is 208 Å². The molecule has 2 rings (SSSR count). The molecule has 0 bridgehead atoms. The molecule has 1 atom stereocenters. The zero-order chi connectivity index (χ0) is 24.1. The summed E-state index contributed by atoms with van der Waals surface area (Å²) in [5.74, 6) is -0.0791. The smallest absolute Gasteiger partial charge is 0.261 e. The van der Waals surface area contributed by atoms with Crippen LogP contribution in [0.25, 0.3) is 0 Å². The molecule has 0 radical (unpaired) electrons. The van der Waals surface area contributed by atoms with Gasteiger partial charge in [0.2, 0.25) is 5.91 Å². The van der Waals surface area contributed by atoms with E-state index in [4.69, 9.17) is 27.9 Å². The van der Waals surface area contributed by atoms with E-state index in [0.717, 1.165) is 16.5 Å². The van der Waals surface area contributed by atoms with Crippen molar-refractivity contribution in [1.82, 2.24) is 10.2 Å². The minimum Gasteiger partial charge on any atom is -0.483 e. The number of halogens is 3. The van der Waals surface area contributed by atoms with Crippen LogP contribution in [-0.2, 0) is 22.6 Å². The Morgan fingerprint density at radius 2 is 1.78 bits per heavy atom. The van der Waals surface area contributed by atoms with Crippen LogP contribution in [0.5, 0.6) is 5.75 Å². The number of aryl methyl sites for hydroxylation is 1. The van der Waals surface area contributed by atoms with Crippen LogP contribution in [0, 0.1) is 0 Å². The zero-order valence-electron chi connectivity index (χ0n) is 19.0. The molecule has 0 spiro atoms. The zero-order valence-corrected chi connectivity index (χ0v) is 22.1. The molecule has 0 aromatic heterocycles. The van der Waals surface area contributed by atoms with Crippen molar-refractivity contribution in [2.45, 2.75) is 59.2 Å². The van der Waals surface area contributed by atoms with Gasteiger partial charge in [-0.25, -0.2) is 0 Å². The van der Waals surface area contributed by atoms with Crippen LogP contribution in [0.2, 0.25) is 10.0 Å². The van der Waals surface area contributed by atoms with Crippen molar-refractivity contribution >= 4 is 50.9 Å². The van der Waals surface area contributed by atoms with E-state index in [1.165, 1.54) is 4.90 Å². The highest BCUT2D eigenvalue weighted by Crippen LogP contribution is 2.28. The Hall–Kier alpha value is -1.76. The molecule has 8 heteroatoms. The number of nitrogens with one attached hydrogen (secondary N) is 1. The largest absolute Gasteiger partial charge is 0.483 e. The minimum absolute atomic E-state index is 0.0787. The summed E-state index contributed by atoms with van der Waals surface area (Å²) in [5.41, 5.74) is 1.29. The maximum Gasteiger partial charge on any atom is 0.261 e. The summed E-state index contributed by atoms with van der Waals surface area (Å²) in [6, 6.07) is 10.1. The molecule has 0 saturated carbocycles. The summed E-state index contributed by atoms with van der Waals surface area (Å²) in [6.07, 6.45) is 0.893. The van der Waals surface area contributed by atoms with Gasteiger partial charge in [-0.15, -0.1) is 0 Å². The number of ether oxygens (including phenoxy) is 1. The third-order valence-corrected chi connectivity index (χ3v) is 6.14. The minimum atomic E-state index is -0.761. The molecule has 5 nitrogen and oxygen atoms in total. The Balaban J connectivity index is 2.26. The maximum atomic E-state index is 13.2. The lowest BCUT2D eigenvalue weighted by molar-refractivity contribution is -0.142. The van der Waals surface area contributed by atoms with Gasteiger partial charge in [-0.3, -0.25) is 9.59 Å². The topological polar surface area (TPSA) is 58.6 Å². The highest BCUT2D eigenvalue weighted by atomic mass is 79.9. The molecule has 0 fully saturated rings. The van der Waals surface area contributed by atoms with E-state index >= 15 is 0 Å². The molecule has 174 valence electrons. The van der Waals surface area contributed by atoms with E-state index in [-0.39, 0.29) is 25.0 Å². The Kier molecular flexibility index (Phi) is 9.43. The summed E-state index contributed by atoms with van der Waals surface area (Å²) in [4.78, 5) is 27.5. The molecular weight excluding hydrogens is 515 g/mol. The predicted molar refractivity (Wildman–Crippen MR) is 133 cm³/mol. The van der Waals surface area contributed by atoms with Gasteiger partial charge in [0.1, 0.15) is 11.8 Å². The van der Waals surface area contributed by atoms with Crippen LogP contribution < -0.4 is 10.1 Å². The highest BCUT2D eigenvalue weighted by Gasteiger charge is 2.29. The molecule has 2 aromatic carbocycles. The molecular formula is C24H29BrCl2N2O3. The molecule has 1 N–H and O–H groups in total. The Morgan fingerprint density at radius 1 is 1.16 bits per heavy atom. The van der Waals surface area contributed by atoms with Gasteiger partial charge in [-0.2, -0.15) is 0 Å². The number of amides is 2. The van der Waals surface area contributed by atoms with Crippen LogP contribution >= 0.6 is 39.1 Å². The fourth-order valence-electron chi connectivity index (χ4n) is 3.01. The number of hydrogen-bond acceptors (Lipinski definition) is 3. The molecule has 0 aliphatic carbocycles. The fraction of sp³-hybridized carbons (Fsp3) is 0.417. The van der Waals surface area contributed by atoms with E-state index in [1.54, 1.807) is 25.1 Å². The van der Waals surface area contributed by atoms with Gasteiger partial charge in [-0.05, 0) is 79.9 Å². The molecule has 0 aliphatic heterocycles. The Morgan fingerprint density at radius 3 is 2.31 bits per heavy atom. The standard InChI is InChI=1S/C24H29BrCl2N2O3/c1-6-16-10-11-21(18(25)12-16)32-14-22(30)29(15(2)23(31)28-24(3,4)5)13-17-19(26)8-7-9-20(17)27/h7-12,15H,6,13-14H2,1-5H3,(H,28,31)/t15-/m1/s1. The van der Waals surface area contributed by atoms with Gasteiger partial charge in [0, 0.05) is 27.7 Å². The predicted octanol–water partition coefficient (Wildman–Crippen LogP) is 6.03. The van der Waals surface area contributed by atoms with Gasteiger partial charge in [0.05, 0.1) is 4.47 Å². The lowest BCUT2D eigenvalue weighted by Crippen LogP contribution is -2.53. The molecule has 0 heterocycles. The molecule has 32 heavy (non-hydrogen) atoms. The number of carbonyl (C=O) groups excluding carboxylic acids is 2. The van der Waals surface area contributed by atoms with Gasteiger partial charge in [-0.1, -0.05) is 42.3 Å². The average molecular weight is 544 g/mol. The quantitative estimate of drug-likeness (QED) is 0.442. The SMILES string of the molecule is CCc1ccc(OCC(=O)N(Cc2c(Cl)cccc2Cl)[C@H](C)C(=O)NC(C)(C)C)c(Br)c1. The van der Waals surface area contributed by atoms with Crippen LogP contribution in [0.3, 0.4) is 0 Å². The summed E-state index contributed by atoms with van der Waals surface area (Å²) >= 11 is 16.1. The van der Waals surface area contributed by atoms with Crippen molar-refractivity contribution in [2.75, 3.05) is 6.61 Å². The highest BCUT2D eigenvalue weighted by molar-refractivity contribution is 9.10. The molecule has 0 unspecified atom stereocenters. The van der Waals surface area contributed by atoms with Crippen molar-refractivity contribution in [3.63, 3.8) is 0 Å². The van der Waals surface area contributed by atoms with Crippen molar-refractivity contribution in [1.29, 1.82) is 0 Å². The van der Waals surface area contributed by atoms with Crippen molar-refractivity contribution < 1.29 is 14.3 Å². The molecule has 2 amide bonds. The van der Waals surface area contributed by atoms with Crippen molar-refractivity contribution in [2.24, 2.45) is 0 Å².